The van der Waals surface area contributed by atoms with Crippen molar-refractivity contribution < 1.29 is 13.2 Å². The van der Waals surface area contributed by atoms with Crippen molar-refractivity contribution in [1.29, 1.82) is 0 Å². The largest absolute Gasteiger partial charge is 0.348 e. The lowest BCUT2D eigenvalue weighted by Gasteiger charge is -2.43. The molecule has 2 atom stereocenters. The van der Waals surface area contributed by atoms with Crippen LogP contribution in [0.4, 0.5) is 0 Å². The van der Waals surface area contributed by atoms with E-state index >= 15 is 0 Å². The van der Waals surface area contributed by atoms with Crippen LogP contribution in [0.1, 0.15) is 39.0 Å². The predicted octanol–water partition coefficient (Wildman–Crippen LogP) is 1.62. The molecule has 120 valence electrons. The van der Waals surface area contributed by atoms with Crippen molar-refractivity contribution in [2.45, 2.75) is 44.3 Å². The van der Waals surface area contributed by atoms with E-state index in [-0.39, 0.29) is 11.3 Å². The van der Waals surface area contributed by atoms with Gasteiger partial charge in [-0.25, -0.2) is 12.7 Å². The summed E-state index contributed by atoms with van der Waals surface area (Å²) in [4.78, 5) is 13.4. The molecular formula is C15H26N2O3S. The lowest BCUT2D eigenvalue weighted by atomic mass is 9.72. The van der Waals surface area contributed by atoms with Crippen LogP contribution in [0.3, 0.4) is 0 Å². The van der Waals surface area contributed by atoms with Gasteiger partial charge >= 0.3 is 0 Å². The molecule has 0 aromatic rings. The topological polar surface area (TPSA) is 57.7 Å². The first-order chi connectivity index (χ1) is 9.78. The molecular weight excluding hydrogens is 288 g/mol. The third kappa shape index (κ3) is 3.31. The van der Waals surface area contributed by atoms with E-state index in [1.165, 1.54) is 11.8 Å². The maximum absolute atomic E-state index is 12.7. The van der Waals surface area contributed by atoms with Crippen LogP contribution < -0.4 is 0 Å². The molecule has 1 amide bonds. The molecule has 5 nitrogen and oxygen atoms in total. The highest BCUT2D eigenvalue weighted by Crippen LogP contribution is 2.41. The normalized spacial score (nSPS) is 28.5. The average Bonchev–Trinajstić information content (AvgIpc) is 2.46. The van der Waals surface area contributed by atoms with Gasteiger partial charge < -0.3 is 4.90 Å². The third-order valence-electron chi connectivity index (χ3n) is 4.78. The van der Waals surface area contributed by atoms with Crippen LogP contribution in [-0.4, -0.2) is 56.0 Å². The van der Waals surface area contributed by atoms with Gasteiger partial charge in [-0.2, -0.15) is 0 Å². The van der Waals surface area contributed by atoms with Crippen molar-refractivity contribution in [2.75, 3.05) is 27.2 Å². The highest BCUT2D eigenvalue weighted by atomic mass is 32.2. The van der Waals surface area contributed by atoms with E-state index in [4.69, 9.17) is 0 Å². The van der Waals surface area contributed by atoms with Gasteiger partial charge in [-0.15, -0.1) is 0 Å². The smallest absolute Gasteiger partial charge is 0.241 e. The minimum absolute atomic E-state index is 0.0843. The minimum atomic E-state index is -3.56. The van der Waals surface area contributed by atoms with E-state index < -0.39 is 15.3 Å². The molecule has 1 aliphatic carbocycles. The molecule has 21 heavy (non-hydrogen) atoms. The molecule has 1 spiro atoms. The fraction of sp³-hybridized carbons (Fsp3) is 0.800. The first-order valence-corrected chi connectivity index (χ1v) is 9.14. The summed E-state index contributed by atoms with van der Waals surface area (Å²) in [7, 11) is -0.373. The molecule has 1 saturated heterocycles. The zero-order valence-corrected chi connectivity index (χ0v) is 14.0. The first-order valence-electron chi connectivity index (χ1n) is 7.64. The van der Waals surface area contributed by atoms with Crippen LogP contribution in [0.5, 0.6) is 0 Å². The summed E-state index contributed by atoms with van der Waals surface area (Å²) in [5.74, 6) is -0.349. The van der Waals surface area contributed by atoms with E-state index in [1.54, 1.807) is 18.4 Å². The molecule has 1 aliphatic heterocycles. The van der Waals surface area contributed by atoms with E-state index in [2.05, 4.69) is 12.2 Å². The number of carbonyl (C=O) groups excluding carboxylic acids is 1. The highest BCUT2D eigenvalue weighted by Gasteiger charge is 2.42. The van der Waals surface area contributed by atoms with Crippen LogP contribution in [-0.2, 0) is 14.8 Å². The van der Waals surface area contributed by atoms with Gasteiger partial charge in [0.2, 0.25) is 15.9 Å². The summed E-state index contributed by atoms with van der Waals surface area (Å²) in [6.45, 7) is 2.60. The SMILES string of the molecule is C[C@@H](C(=O)N(C)C)S(=O)(=O)N1CCC[C@@]2(CC=CCC2)C1. The van der Waals surface area contributed by atoms with Gasteiger partial charge in [-0.3, -0.25) is 4.79 Å². The number of hydrogen-bond donors (Lipinski definition) is 0. The van der Waals surface area contributed by atoms with Crippen LogP contribution in [0.25, 0.3) is 0 Å². The van der Waals surface area contributed by atoms with Crippen molar-refractivity contribution in [2.24, 2.45) is 5.41 Å². The first kappa shape index (κ1) is 16.5. The highest BCUT2D eigenvalue weighted by molar-refractivity contribution is 7.90. The van der Waals surface area contributed by atoms with Crippen LogP contribution >= 0.6 is 0 Å². The average molecular weight is 314 g/mol. The van der Waals surface area contributed by atoms with Crippen molar-refractivity contribution in [3.05, 3.63) is 12.2 Å². The van der Waals surface area contributed by atoms with Gasteiger partial charge in [0.1, 0.15) is 0 Å². The zero-order valence-electron chi connectivity index (χ0n) is 13.2. The number of sulfonamides is 1. The summed E-state index contributed by atoms with van der Waals surface area (Å²) in [5, 5.41) is -0.998. The number of piperidine rings is 1. The predicted molar refractivity (Wildman–Crippen MR) is 83.3 cm³/mol. The maximum Gasteiger partial charge on any atom is 0.241 e. The second kappa shape index (κ2) is 6.08. The molecule has 0 aromatic heterocycles. The number of carbonyl (C=O) groups is 1. The van der Waals surface area contributed by atoms with Gasteiger partial charge in [0, 0.05) is 27.2 Å². The summed E-state index contributed by atoms with van der Waals surface area (Å²) < 4.78 is 27.0. The number of nitrogens with zero attached hydrogens (tertiary/aromatic N) is 2. The van der Waals surface area contributed by atoms with E-state index in [9.17, 15) is 13.2 Å². The fourth-order valence-corrected chi connectivity index (χ4v) is 5.16. The Morgan fingerprint density at radius 3 is 2.57 bits per heavy atom. The Labute approximate surface area is 128 Å². The van der Waals surface area contributed by atoms with E-state index in [1.807, 2.05) is 0 Å². The number of amides is 1. The Hall–Kier alpha value is -0.880. The molecule has 6 heteroatoms. The van der Waals surface area contributed by atoms with Crippen molar-refractivity contribution >= 4 is 15.9 Å². The number of allylic oxidation sites excluding steroid dienone is 2. The van der Waals surface area contributed by atoms with Gasteiger partial charge in [0.05, 0.1) is 0 Å². The standard InChI is InChI=1S/C15H26N2O3S/c1-13(14(18)16(2)3)21(19,20)17-11-7-10-15(12-17)8-5-4-6-9-15/h4-5,13H,6-12H2,1-3H3/t13-,15-/m0/s1. The molecule has 0 N–H and O–H groups in total. The van der Waals surface area contributed by atoms with Crippen LogP contribution in [0.2, 0.25) is 0 Å². The van der Waals surface area contributed by atoms with Crippen LogP contribution in [0.15, 0.2) is 12.2 Å². The Balaban J connectivity index is 2.16. The molecule has 2 aliphatic rings. The summed E-state index contributed by atoms with van der Waals surface area (Å²) in [6.07, 6.45) is 9.35. The van der Waals surface area contributed by atoms with E-state index in [0.717, 1.165) is 32.1 Å². The molecule has 0 unspecified atom stereocenters. The number of hydrogen-bond acceptors (Lipinski definition) is 3. The summed E-state index contributed by atoms with van der Waals surface area (Å²) in [6, 6.07) is 0. The molecule has 0 aromatic carbocycles. The van der Waals surface area contributed by atoms with Crippen LogP contribution in [0, 0.1) is 5.41 Å². The third-order valence-corrected chi connectivity index (χ3v) is 6.91. The molecule has 1 fully saturated rings. The lowest BCUT2D eigenvalue weighted by molar-refractivity contribution is -0.128. The molecule has 0 saturated carbocycles. The Morgan fingerprint density at radius 2 is 2.00 bits per heavy atom. The second-order valence-electron chi connectivity index (χ2n) is 6.57. The lowest BCUT2D eigenvalue weighted by Crippen LogP contribution is -2.51. The summed E-state index contributed by atoms with van der Waals surface area (Å²) >= 11 is 0. The van der Waals surface area contributed by atoms with Gasteiger partial charge in [0.15, 0.2) is 5.25 Å². The van der Waals surface area contributed by atoms with Gasteiger partial charge in [-0.1, -0.05) is 12.2 Å². The molecule has 1 heterocycles. The minimum Gasteiger partial charge on any atom is -0.348 e. The van der Waals surface area contributed by atoms with Crippen molar-refractivity contribution in [3.8, 4) is 0 Å². The monoisotopic (exact) mass is 314 g/mol. The Morgan fingerprint density at radius 1 is 1.29 bits per heavy atom. The van der Waals surface area contributed by atoms with Gasteiger partial charge in [0.25, 0.3) is 0 Å². The fourth-order valence-electron chi connectivity index (χ4n) is 3.41. The van der Waals surface area contributed by atoms with Gasteiger partial charge in [-0.05, 0) is 44.4 Å². The zero-order chi connectivity index (χ0) is 15.7. The Kier molecular flexibility index (Phi) is 4.78. The molecule has 0 radical (unpaired) electrons. The Bertz CT molecular complexity index is 527. The maximum atomic E-state index is 12.7. The second-order valence-corrected chi connectivity index (χ2v) is 8.82. The van der Waals surface area contributed by atoms with E-state index in [0.29, 0.717) is 13.1 Å². The molecule has 0 bridgehead atoms. The number of rotatable bonds is 3. The van der Waals surface area contributed by atoms with Crippen molar-refractivity contribution in [3.63, 3.8) is 0 Å². The van der Waals surface area contributed by atoms with Crippen molar-refractivity contribution in [1.82, 2.24) is 9.21 Å². The molecule has 2 rings (SSSR count). The quantitative estimate of drug-likeness (QED) is 0.744. The summed E-state index contributed by atoms with van der Waals surface area (Å²) in [5.41, 5.74) is 0.0843.